The topological polar surface area (TPSA) is 103 Å². The minimum absolute atomic E-state index is 0.350. The monoisotopic (exact) mass is 370 g/mol. The highest BCUT2D eigenvalue weighted by molar-refractivity contribution is 5.69. The maximum Gasteiger partial charge on any atom is 0.259 e. The first-order chi connectivity index (χ1) is 13.2. The second-order valence-corrected chi connectivity index (χ2v) is 5.84. The van der Waals surface area contributed by atoms with E-state index in [2.05, 4.69) is 20.4 Å². The number of ether oxygens (including phenoxy) is 2. The zero-order valence-corrected chi connectivity index (χ0v) is 15.5. The number of para-hydroxylation sites is 1. The number of aromatic nitrogens is 3. The van der Waals surface area contributed by atoms with E-state index in [-0.39, 0.29) is 0 Å². The summed E-state index contributed by atoms with van der Waals surface area (Å²) in [6.07, 6.45) is 1.92. The Morgan fingerprint density at radius 3 is 2.70 bits per heavy atom. The quantitative estimate of drug-likeness (QED) is 0.624. The summed E-state index contributed by atoms with van der Waals surface area (Å²) >= 11 is 0. The zero-order chi connectivity index (χ0) is 19.2. The van der Waals surface area contributed by atoms with Crippen LogP contribution < -0.4 is 14.8 Å². The lowest BCUT2D eigenvalue weighted by Crippen LogP contribution is -2.18. The Bertz CT molecular complexity index is 880. The van der Waals surface area contributed by atoms with E-state index in [9.17, 15) is 5.11 Å². The lowest BCUT2D eigenvalue weighted by molar-refractivity contribution is 0.183. The van der Waals surface area contributed by atoms with E-state index in [1.165, 1.54) is 0 Å². The number of aliphatic hydroxyl groups is 1. The van der Waals surface area contributed by atoms with Crippen molar-refractivity contribution < 1.29 is 19.1 Å². The summed E-state index contributed by atoms with van der Waals surface area (Å²) < 4.78 is 16.1. The van der Waals surface area contributed by atoms with Gasteiger partial charge in [-0.15, -0.1) is 0 Å². The van der Waals surface area contributed by atoms with Gasteiger partial charge in [-0.3, -0.25) is 0 Å². The molecule has 0 bridgehead atoms. The minimum Gasteiger partial charge on any atom is -0.493 e. The third-order valence-electron chi connectivity index (χ3n) is 4.07. The molecule has 3 aromatic rings. The van der Waals surface area contributed by atoms with Gasteiger partial charge in [0, 0.05) is 12.7 Å². The molecule has 8 heteroatoms. The highest BCUT2D eigenvalue weighted by atomic mass is 16.5. The maximum absolute atomic E-state index is 9.60. The van der Waals surface area contributed by atoms with E-state index in [0.29, 0.717) is 53.1 Å². The van der Waals surface area contributed by atoms with Gasteiger partial charge in [-0.05, 0) is 30.7 Å². The van der Waals surface area contributed by atoms with Crippen LogP contribution in [0.3, 0.4) is 0 Å². The molecule has 142 valence electrons. The number of hydrogen-bond donors (Lipinski definition) is 2. The van der Waals surface area contributed by atoms with Crippen molar-refractivity contribution in [1.82, 2.24) is 15.1 Å². The van der Waals surface area contributed by atoms with Crippen LogP contribution in [0.15, 0.2) is 41.1 Å². The van der Waals surface area contributed by atoms with Crippen molar-refractivity contribution in [3.63, 3.8) is 0 Å². The maximum atomic E-state index is 9.60. The van der Waals surface area contributed by atoms with Crippen molar-refractivity contribution in [3.8, 4) is 34.3 Å². The first kappa shape index (κ1) is 18.7. The van der Waals surface area contributed by atoms with E-state index >= 15 is 0 Å². The summed E-state index contributed by atoms with van der Waals surface area (Å²) in [6, 6.07) is 9.09. The molecule has 0 unspecified atom stereocenters. The fourth-order valence-corrected chi connectivity index (χ4v) is 2.51. The van der Waals surface area contributed by atoms with Gasteiger partial charge in [0.1, 0.15) is 5.82 Å². The van der Waals surface area contributed by atoms with E-state index in [1.54, 1.807) is 32.5 Å². The number of benzene rings is 1. The molecule has 1 aromatic carbocycles. The molecule has 0 spiro atoms. The second kappa shape index (κ2) is 8.50. The number of aliphatic hydroxyl groups excluding tert-OH is 1. The molecule has 2 N–H and O–H groups in total. The molecule has 2 aromatic heterocycles. The third-order valence-corrected chi connectivity index (χ3v) is 4.07. The van der Waals surface area contributed by atoms with Gasteiger partial charge in [-0.25, -0.2) is 4.98 Å². The van der Waals surface area contributed by atoms with Gasteiger partial charge in [-0.2, -0.15) is 4.98 Å². The smallest absolute Gasteiger partial charge is 0.259 e. The van der Waals surface area contributed by atoms with E-state index < -0.39 is 6.10 Å². The average molecular weight is 370 g/mol. The predicted molar refractivity (Wildman–Crippen MR) is 101 cm³/mol. The fourth-order valence-electron chi connectivity index (χ4n) is 2.51. The van der Waals surface area contributed by atoms with Crippen molar-refractivity contribution in [2.75, 3.05) is 26.1 Å². The van der Waals surface area contributed by atoms with Gasteiger partial charge >= 0.3 is 0 Å². The summed E-state index contributed by atoms with van der Waals surface area (Å²) in [5.41, 5.74) is 1.36. The third kappa shape index (κ3) is 4.17. The number of pyridine rings is 1. The number of methoxy groups -OCH3 is 2. The summed E-state index contributed by atoms with van der Waals surface area (Å²) in [6.45, 7) is 2.37. The van der Waals surface area contributed by atoms with Gasteiger partial charge in [-0.1, -0.05) is 18.1 Å². The van der Waals surface area contributed by atoms with E-state index in [4.69, 9.17) is 14.0 Å². The molecule has 3 rings (SSSR count). The number of hydrogen-bond acceptors (Lipinski definition) is 8. The predicted octanol–water partition coefficient (Wildman–Crippen LogP) is 3.00. The SMILES string of the molecule is CC[C@H](O)CNc1ccc(-c2nc(-c3cccc(OC)c3OC)no2)cn1. The number of anilines is 1. The van der Waals surface area contributed by atoms with Crippen LogP contribution in [-0.4, -0.2) is 47.1 Å². The average Bonchev–Trinajstić information content (AvgIpc) is 3.21. The fraction of sp³-hybridized carbons (Fsp3) is 0.316. The van der Waals surface area contributed by atoms with Gasteiger partial charge in [0.25, 0.3) is 5.89 Å². The second-order valence-electron chi connectivity index (χ2n) is 5.84. The number of nitrogens with zero attached hydrogens (tertiary/aromatic N) is 3. The Morgan fingerprint density at radius 2 is 2.04 bits per heavy atom. The summed E-state index contributed by atoms with van der Waals surface area (Å²) in [5.74, 6) is 2.55. The summed E-state index contributed by atoms with van der Waals surface area (Å²) in [7, 11) is 3.14. The van der Waals surface area contributed by atoms with Gasteiger partial charge in [0.2, 0.25) is 5.82 Å². The minimum atomic E-state index is -0.400. The number of rotatable bonds is 8. The van der Waals surface area contributed by atoms with Crippen LogP contribution in [0.5, 0.6) is 11.5 Å². The normalized spacial score (nSPS) is 11.9. The highest BCUT2D eigenvalue weighted by Gasteiger charge is 2.17. The van der Waals surface area contributed by atoms with Crippen molar-refractivity contribution >= 4 is 5.82 Å². The van der Waals surface area contributed by atoms with E-state index in [1.807, 2.05) is 25.1 Å². The van der Waals surface area contributed by atoms with Gasteiger partial charge in [0.15, 0.2) is 11.5 Å². The van der Waals surface area contributed by atoms with Crippen LogP contribution in [0.1, 0.15) is 13.3 Å². The van der Waals surface area contributed by atoms with Crippen LogP contribution in [-0.2, 0) is 0 Å². The highest BCUT2D eigenvalue weighted by Crippen LogP contribution is 2.37. The molecule has 0 saturated heterocycles. The Balaban J connectivity index is 1.80. The van der Waals surface area contributed by atoms with Gasteiger partial charge in [0.05, 0.1) is 31.5 Å². The molecule has 1 atom stereocenters. The molecule has 27 heavy (non-hydrogen) atoms. The Hall–Kier alpha value is -3.13. The van der Waals surface area contributed by atoms with Crippen LogP contribution >= 0.6 is 0 Å². The number of nitrogens with one attached hydrogen (secondary N) is 1. The summed E-state index contributed by atoms with van der Waals surface area (Å²) in [5, 5.41) is 16.7. The molecular weight excluding hydrogens is 348 g/mol. The molecular formula is C19H22N4O4. The van der Waals surface area contributed by atoms with Crippen molar-refractivity contribution in [3.05, 3.63) is 36.5 Å². The largest absolute Gasteiger partial charge is 0.493 e. The molecule has 0 aliphatic carbocycles. The summed E-state index contributed by atoms with van der Waals surface area (Å²) in [4.78, 5) is 8.75. The standard InChI is InChI=1S/C19H22N4O4/c1-4-13(24)11-21-16-9-8-12(10-20-16)19-22-18(23-27-19)14-6-5-7-15(25-2)17(14)26-3/h5-10,13,24H,4,11H2,1-3H3,(H,20,21)/t13-/m0/s1. The Labute approximate surface area is 157 Å². The molecule has 8 nitrogen and oxygen atoms in total. The van der Waals surface area contributed by atoms with E-state index in [0.717, 1.165) is 0 Å². The lowest BCUT2D eigenvalue weighted by atomic mass is 10.1. The van der Waals surface area contributed by atoms with Crippen LogP contribution in [0.4, 0.5) is 5.82 Å². The van der Waals surface area contributed by atoms with Crippen LogP contribution in [0, 0.1) is 0 Å². The van der Waals surface area contributed by atoms with Crippen molar-refractivity contribution in [1.29, 1.82) is 0 Å². The molecule has 0 aliphatic heterocycles. The van der Waals surface area contributed by atoms with Crippen LogP contribution in [0.25, 0.3) is 22.8 Å². The molecule has 0 saturated carbocycles. The zero-order valence-electron chi connectivity index (χ0n) is 15.5. The van der Waals surface area contributed by atoms with Gasteiger partial charge < -0.3 is 24.4 Å². The van der Waals surface area contributed by atoms with Crippen molar-refractivity contribution in [2.45, 2.75) is 19.4 Å². The lowest BCUT2D eigenvalue weighted by Gasteiger charge is -2.10. The Morgan fingerprint density at radius 1 is 1.19 bits per heavy atom. The van der Waals surface area contributed by atoms with Crippen LogP contribution in [0.2, 0.25) is 0 Å². The first-order valence-electron chi connectivity index (χ1n) is 8.59. The molecule has 0 amide bonds. The molecule has 0 radical (unpaired) electrons. The molecule has 0 aliphatic rings. The molecule has 0 fully saturated rings. The molecule has 2 heterocycles. The Kier molecular flexibility index (Phi) is 5.87. The first-order valence-corrected chi connectivity index (χ1v) is 8.59. The van der Waals surface area contributed by atoms with Crippen molar-refractivity contribution in [2.24, 2.45) is 0 Å².